The zero-order chi connectivity index (χ0) is 12.3. The lowest BCUT2D eigenvalue weighted by Gasteiger charge is -2.15. The molecule has 0 amide bonds. The molecule has 0 spiro atoms. The highest BCUT2D eigenvalue weighted by molar-refractivity contribution is 9.11. The molecule has 0 aliphatic heterocycles. The van der Waals surface area contributed by atoms with Crippen molar-refractivity contribution in [2.45, 2.75) is 20.8 Å². The number of hydrogen-bond donors (Lipinski definition) is 0. The van der Waals surface area contributed by atoms with Crippen molar-refractivity contribution < 1.29 is 4.79 Å². The summed E-state index contributed by atoms with van der Waals surface area (Å²) in [4.78, 5) is 12.8. The topological polar surface area (TPSA) is 40.9 Å². The summed E-state index contributed by atoms with van der Waals surface area (Å²) in [7, 11) is 0. The SMILES string of the molecule is CC(C)(C)C(=O)/C(C#N)=C/c1ccc(Br)s1. The number of carbonyl (C=O) groups is 1. The minimum absolute atomic E-state index is 0.125. The number of carbonyl (C=O) groups excluding carboxylic acids is 1. The third kappa shape index (κ3) is 3.29. The van der Waals surface area contributed by atoms with Crippen LogP contribution in [-0.4, -0.2) is 5.78 Å². The van der Waals surface area contributed by atoms with Gasteiger partial charge in [-0.3, -0.25) is 4.79 Å². The van der Waals surface area contributed by atoms with E-state index >= 15 is 0 Å². The van der Waals surface area contributed by atoms with Crippen molar-refractivity contribution >= 4 is 39.1 Å². The first-order valence-electron chi connectivity index (χ1n) is 4.76. The Morgan fingerprint density at radius 2 is 2.12 bits per heavy atom. The van der Waals surface area contributed by atoms with Crippen LogP contribution in [0.25, 0.3) is 6.08 Å². The molecule has 1 aromatic heterocycles. The molecule has 0 aromatic carbocycles. The smallest absolute Gasteiger partial charge is 0.178 e. The molecule has 0 bridgehead atoms. The zero-order valence-corrected chi connectivity index (χ0v) is 11.8. The highest BCUT2D eigenvalue weighted by atomic mass is 79.9. The summed E-state index contributed by atoms with van der Waals surface area (Å²) in [5, 5.41) is 8.98. The molecule has 0 saturated carbocycles. The Kier molecular flexibility index (Phi) is 4.06. The average Bonchev–Trinajstić information content (AvgIpc) is 2.58. The minimum Gasteiger partial charge on any atom is -0.293 e. The number of Topliss-reactive ketones (excluding diaryl/α,β-unsaturated/α-hetero) is 1. The number of ketones is 1. The van der Waals surface area contributed by atoms with E-state index in [1.165, 1.54) is 11.3 Å². The Labute approximate surface area is 108 Å². The monoisotopic (exact) mass is 297 g/mol. The van der Waals surface area contributed by atoms with Crippen LogP contribution in [0.1, 0.15) is 25.6 Å². The predicted molar refractivity (Wildman–Crippen MR) is 70.1 cm³/mol. The summed E-state index contributed by atoms with van der Waals surface area (Å²) in [5.41, 5.74) is -0.308. The summed E-state index contributed by atoms with van der Waals surface area (Å²) in [6, 6.07) is 5.74. The van der Waals surface area contributed by atoms with Gasteiger partial charge in [-0.05, 0) is 34.1 Å². The van der Waals surface area contributed by atoms with Crippen LogP contribution in [0.5, 0.6) is 0 Å². The van der Waals surface area contributed by atoms with Crippen LogP contribution < -0.4 is 0 Å². The number of nitriles is 1. The largest absolute Gasteiger partial charge is 0.293 e. The van der Waals surface area contributed by atoms with Crippen LogP contribution in [0.15, 0.2) is 21.5 Å². The standard InChI is InChI=1S/C12H12BrNOS/c1-12(2,3)11(15)8(7-14)6-9-4-5-10(13)16-9/h4-6H,1-3H3/b8-6+. The minimum atomic E-state index is -0.518. The highest BCUT2D eigenvalue weighted by Gasteiger charge is 2.24. The van der Waals surface area contributed by atoms with Gasteiger partial charge < -0.3 is 0 Å². The van der Waals surface area contributed by atoms with E-state index in [9.17, 15) is 4.79 Å². The first-order chi connectivity index (χ1) is 7.34. The molecule has 0 N–H and O–H groups in total. The third-order valence-corrected chi connectivity index (χ3v) is 3.50. The van der Waals surface area contributed by atoms with Gasteiger partial charge in [0.25, 0.3) is 0 Å². The fraction of sp³-hybridized carbons (Fsp3) is 0.333. The van der Waals surface area contributed by atoms with Gasteiger partial charge in [0.05, 0.1) is 9.36 Å². The molecule has 2 nitrogen and oxygen atoms in total. The van der Waals surface area contributed by atoms with E-state index in [4.69, 9.17) is 5.26 Å². The van der Waals surface area contributed by atoms with Crippen LogP contribution in [0, 0.1) is 16.7 Å². The molecule has 4 heteroatoms. The highest BCUT2D eigenvalue weighted by Crippen LogP contribution is 2.26. The van der Waals surface area contributed by atoms with E-state index in [0.29, 0.717) is 0 Å². The van der Waals surface area contributed by atoms with E-state index < -0.39 is 5.41 Å². The number of nitrogens with zero attached hydrogens (tertiary/aromatic N) is 1. The summed E-state index contributed by atoms with van der Waals surface area (Å²) < 4.78 is 0.985. The molecule has 0 saturated heterocycles. The van der Waals surface area contributed by atoms with Crippen molar-refractivity contribution in [2.75, 3.05) is 0 Å². The third-order valence-electron chi connectivity index (χ3n) is 1.93. The Hall–Kier alpha value is -0.920. The molecule has 0 aliphatic rings. The first kappa shape index (κ1) is 13.1. The van der Waals surface area contributed by atoms with Crippen LogP contribution in [0.2, 0.25) is 0 Å². The lowest BCUT2D eigenvalue weighted by Crippen LogP contribution is -2.21. The van der Waals surface area contributed by atoms with Gasteiger partial charge in [0.2, 0.25) is 0 Å². The zero-order valence-electron chi connectivity index (χ0n) is 9.37. The molecule has 1 heterocycles. The number of thiophene rings is 1. The molecule has 0 fully saturated rings. The van der Waals surface area contributed by atoms with Crippen LogP contribution in [0.3, 0.4) is 0 Å². The van der Waals surface area contributed by atoms with E-state index in [1.54, 1.807) is 6.08 Å². The van der Waals surface area contributed by atoms with Crippen molar-refractivity contribution in [2.24, 2.45) is 5.41 Å². The quantitative estimate of drug-likeness (QED) is 0.611. The maximum Gasteiger partial charge on any atom is 0.178 e. The van der Waals surface area contributed by atoms with E-state index in [1.807, 2.05) is 39.0 Å². The van der Waals surface area contributed by atoms with Crippen molar-refractivity contribution in [1.29, 1.82) is 5.26 Å². The summed E-state index contributed by atoms with van der Waals surface area (Å²) in [6.07, 6.45) is 1.64. The fourth-order valence-corrected chi connectivity index (χ4v) is 2.47. The maximum atomic E-state index is 11.9. The second-order valence-corrected chi connectivity index (χ2v) is 6.89. The Morgan fingerprint density at radius 3 is 2.50 bits per heavy atom. The molecule has 0 radical (unpaired) electrons. The number of rotatable bonds is 2. The lowest BCUT2D eigenvalue weighted by atomic mass is 9.86. The van der Waals surface area contributed by atoms with Gasteiger partial charge >= 0.3 is 0 Å². The van der Waals surface area contributed by atoms with E-state index in [-0.39, 0.29) is 11.4 Å². The normalized spacial score (nSPS) is 12.3. The van der Waals surface area contributed by atoms with Crippen LogP contribution in [-0.2, 0) is 4.79 Å². The summed E-state index contributed by atoms with van der Waals surface area (Å²) >= 11 is 4.84. The molecular formula is C12H12BrNOS. The maximum absolute atomic E-state index is 11.9. The van der Waals surface area contributed by atoms with Crippen LogP contribution in [0.4, 0.5) is 0 Å². The van der Waals surface area contributed by atoms with Crippen molar-refractivity contribution in [3.8, 4) is 6.07 Å². The Balaban J connectivity index is 3.05. The number of allylic oxidation sites excluding steroid dienone is 1. The van der Waals surface area contributed by atoms with Gasteiger partial charge in [-0.15, -0.1) is 11.3 Å². The molecule has 1 aromatic rings. The van der Waals surface area contributed by atoms with Crippen molar-refractivity contribution in [3.05, 3.63) is 26.4 Å². The molecule has 0 atom stereocenters. The van der Waals surface area contributed by atoms with E-state index in [2.05, 4.69) is 15.9 Å². The van der Waals surface area contributed by atoms with Crippen molar-refractivity contribution in [3.63, 3.8) is 0 Å². The molecular weight excluding hydrogens is 286 g/mol. The second kappa shape index (κ2) is 4.94. The van der Waals surface area contributed by atoms with Gasteiger partial charge in [0.1, 0.15) is 6.07 Å². The summed E-state index contributed by atoms with van der Waals surface area (Å²) in [6.45, 7) is 5.43. The van der Waals surface area contributed by atoms with E-state index in [0.717, 1.165) is 8.66 Å². The molecule has 1 rings (SSSR count). The fourth-order valence-electron chi connectivity index (χ4n) is 1.10. The van der Waals surface area contributed by atoms with Crippen molar-refractivity contribution in [1.82, 2.24) is 0 Å². The summed E-state index contributed by atoms with van der Waals surface area (Å²) in [5.74, 6) is -0.125. The second-order valence-electron chi connectivity index (χ2n) is 4.39. The average molecular weight is 298 g/mol. The Bertz CT molecular complexity index is 474. The Morgan fingerprint density at radius 1 is 1.50 bits per heavy atom. The van der Waals surface area contributed by atoms with Crippen LogP contribution >= 0.6 is 27.3 Å². The predicted octanol–water partition coefficient (Wildman–Crippen LogP) is 4.03. The molecule has 0 aliphatic carbocycles. The molecule has 84 valence electrons. The number of hydrogen-bond acceptors (Lipinski definition) is 3. The molecule has 0 unspecified atom stereocenters. The molecule has 16 heavy (non-hydrogen) atoms. The first-order valence-corrected chi connectivity index (χ1v) is 6.37. The van der Waals surface area contributed by atoms with Gasteiger partial charge in [-0.2, -0.15) is 5.26 Å². The number of halogens is 1. The van der Waals surface area contributed by atoms with Gasteiger partial charge in [0.15, 0.2) is 5.78 Å². The van der Waals surface area contributed by atoms with Gasteiger partial charge in [-0.1, -0.05) is 20.8 Å². The van der Waals surface area contributed by atoms with Gasteiger partial charge in [-0.25, -0.2) is 0 Å². The lowest BCUT2D eigenvalue weighted by molar-refractivity contribution is -0.121. The van der Waals surface area contributed by atoms with Gasteiger partial charge in [0, 0.05) is 10.3 Å².